The molecule has 2 rings (SSSR count). The molecule has 0 aliphatic heterocycles. The number of nitrogens with one attached hydrogen (secondary N) is 1. The minimum atomic E-state index is -0.536. The van der Waals surface area contributed by atoms with Gasteiger partial charge in [-0.15, -0.1) is 0 Å². The summed E-state index contributed by atoms with van der Waals surface area (Å²) >= 11 is 0. The van der Waals surface area contributed by atoms with E-state index < -0.39 is 6.04 Å². The third kappa shape index (κ3) is 5.95. The molecule has 0 aromatic heterocycles. The number of hydrogen-bond donors (Lipinski definition) is 1. The molecule has 1 N–H and O–H groups in total. The van der Waals surface area contributed by atoms with Gasteiger partial charge in [0.05, 0.1) is 6.42 Å². The van der Waals surface area contributed by atoms with Crippen molar-refractivity contribution < 1.29 is 9.59 Å². The van der Waals surface area contributed by atoms with E-state index in [1.54, 1.807) is 4.90 Å². The molecule has 0 fully saturated rings. The van der Waals surface area contributed by atoms with Crippen LogP contribution in [0.5, 0.6) is 0 Å². The predicted molar refractivity (Wildman–Crippen MR) is 114 cm³/mol. The Morgan fingerprint density at radius 1 is 1.04 bits per heavy atom. The van der Waals surface area contributed by atoms with Crippen LogP contribution in [-0.4, -0.2) is 28.8 Å². The zero-order valence-electron chi connectivity index (χ0n) is 17.7. The molecular weight excluding hydrogens is 348 g/mol. The van der Waals surface area contributed by atoms with Gasteiger partial charge in [0.15, 0.2) is 0 Å². The van der Waals surface area contributed by atoms with Gasteiger partial charge < -0.3 is 10.2 Å². The predicted octanol–water partition coefficient (Wildman–Crippen LogP) is 4.18. The summed E-state index contributed by atoms with van der Waals surface area (Å²) in [4.78, 5) is 27.6. The van der Waals surface area contributed by atoms with Crippen LogP contribution in [0.25, 0.3) is 0 Å². The van der Waals surface area contributed by atoms with Crippen LogP contribution in [0.2, 0.25) is 0 Å². The van der Waals surface area contributed by atoms with Crippen LogP contribution in [0.4, 0.5) is 0 Å². The van der Waals surface area contributed by atoms with Crippen molar-refractivity contribution in [2.24, 2.45) is 0 Å². The Labute approximate surface area is 169 Å². The highest BCUT2D eigenvalue weighted by atomic mass is 16.2. The highest BCUT2D eigenvalue weighted by molar-refractivity contribution is 5.88. The summed E-state index contributed by atoms with van der Waals surface area (Å²) in [5.74, 6) is -0.150. The van der Waals surface area contributed by atoms with Crippen molar-refractivity contribution in [2.75, 3.05) is 0 Å². The summed E-state index contributed by atoms with van der Waals surface area (Å²) in [7, 11) is 0. The van der Waals surface area contributed by atoms with Gasteiger partial charge in [-0.3, -0.25) is 9.59 Å². The highest BCUT2D eigenvalue weighted by Crippen LogP contribution is 2.15. The molecule has 0 heterocycles. The first-order valence-electron chi connectivity index (χ1n) is 10.0. The Hall–Kier alpha value is -2.62. The van der Waals surface area contributed by atoms with Crippen LogP contribution in [0.15, 0.2) is 48.5 Å². The molecule has 0 spiro atoms. The lowest BCUT2D eigenvalue weighted by Crippen LogP contribution is -2.49. The van der Waals surface area contributed by atoms with Gasteiger partial charge in [0.25, 0.3) is 0 Å². The summed E-state index contributed by atoms with van der Waals surface area (Å²) in [5.41, 5.74) is 4.25. The molecule has 0 saturated heterocycles. The zero-order chi connectivity index (χ0) is 20.7. The normalized spacial score (nSPS) is 12.9. The van der Waals surface area contributed by atoms with E-state index in [1.165, 1.54) is 0 Å². The monoisotopic (exact) mass is 380 g/mol. The maximum atomic E-state index is 13.2. The summed E-state index contributed by atoms with van der Waals surface area (Å²) in [6, 6.07) is 15.5. The first-order chi connectivity index (χ1) is 13.3. The zero-order valence-corrected chi connectivity index (χ0v) is 17.7. The van der Waals surface area contributed by atoms with E-state index in [2.05, 4.69) is 11.4 Å². The first-order valence-corrected chi connectivity index (χ1v) is 10.0. The van der Waals surface area contributed by atoms with Crippen molar-refractivity contribution in [3.8, 4) is 0 Å². The van der Waals surface area contributed by atoms with Crippen molar-refractivity contribution in [1.82, 2.24) is 10.2 Å². The quantitative estimate of drug-likeness (QED) is 0.747. The minimum Gasteiger partial charge on any atom is -0.352 e. The van der Waals surface area contributed by atoms with Crippen LogP contribution in [0.1, 0.15) is 49.4 Å². The topological polar surface area (TPSA) is 49.4 Å². The molecule has 2 aromatic rings. The van der Waals surface area contributed by atoms with Gasteiger partial charge in [-0.2, -0.15) is 0 Å². The molecule has 0 saturated carbocycles. The van der Waals surface area contributed by atoms with E-state index >= 15 is 0 Å². The molecule has 2 amide bonds. The summed E-state index contributed by atoms with van der Waals surface area (Å²) < 4.78 is 0. The third-order valence-electron chi connectivity index (χ3n) is 5.21. The average molecular weight is 381 g/mol. The Kier molecular flexibility index (Phi) is 7.80. The molecule has 0 radical (unpaired) electrons. The maximum absolute atomic E-state index is 13.2. The fourth-order valence-corrected chi connectivity index (χ4v) is 3.13. The largest absolute Gasteiger partial charge is 0.352 e. The minimum absolute atomic E-state index is 0.0393. The second-order valence-electron chi connectivity index (χ2n) is 7.61. The molecule has 28 heavy (non-hydrogen) atoms. The molecular formula is C24H32N2O2. The Balaban J connectivity index is 2.25. The molecule has 4 nitrogen and oxygen atoms in total. The summed E-state index contributed by atoms with van der Waals surface area (Å²) in [6.45, 7) is 10.3. The van der Waals surface area contributed by atoms with Crippen molar-refractivity contribution in [2.45, 2.75) is 66.1 Å². The molecule has 2 aromatic carbocycles. The Morgan fingerprint density at radius 2 is 1.75 bits per heavy atom. The SMILES string of the molecule is CCC(C)NC(=O)C(C)N(Cc1cccc(C)c1)C(=O)Cc1ccccc1C. The number of rotatable bonds is 8. The smallest absolute Gasteiger partial charge is 0.242 e. The van der Waals surface area contributed by atoms with Crippen LogP contribution in [0, 0.1) is 13.8 Å². The van der Waals surface area contributed by atoms with Gasteiger partial charge in [-0.1, -0.05) is 61.0 Å². The molecule has 0 bridgehead atoms. The maximum Gasteiger partial charge on any atom is 0.242 e. The molecule has 4 heteroatoms. The van der Waals surface area contributed by atoms with Crippen LogP contribution < -0.4 is 5.32 Å². The Bertz CT molecular complexity index is 816. The van der Waals surface area contributed by atoms with Crippen LogP contribution >= 0.6 is 0 Å². The number of amides is 2. The Morgan fingerprint density at radius 3 is 2.39 bits per heavy atom. The second-order valence-corrected chi connectivity index (χ2v) is 7.61. The number of nitrogens with zero attached hydrogens (tertiary/aromatic N) is 1. The standard InChI is InChI=1S/C24H32N2O2/c1-6-19(4)25-24(28)20(5)26(16-21-12-9-10-17(2)14-21)23(27)15-22-13-8-7-11-18(22)3/h7-14,19-20H,6,15-16H2,1-5H3,(H,25,28). The van der Waals surface area contributed by atoms with E-state index in [4.69, 9.17) is 0 Å². The average Bonchev–Trinajstić information content (AvgIpc) is 2.67. The fraction of sp³-hybridized carbons (Fsp3) is 0.417. The van der Waals surface area contributed by atoms with Crippen molar-refractivity contribution in [1.29, 1.82) is 0 Å². The second kappa shape index (κ2) is 10.1. The van der Waals surface area contributed by atoms with E-state index in [9.17, 15) is 9.59 Å². The van der Waals surface area contributed by atoms with Gasteiger partial charge in [0, 0.05) is 12.6 Å². The van der Waals surface area contributed by atoms with Gasteiger partial charge in [0.2, 0.25) is 11.8 Å². The number of carbonyl (C=O) groups is 2. The molecule has 150 valence electrons. The number of benzene rings is 2. The van der Waals surface area contributed by atoms with E-state index in [1.807, 2.05) is 77.1 Å². The third-order valence-corrected chi connectivity index (χ3v) is 5.21. The van der Waals surface area contributed by atoms with Crippen LogP contribution in [0.3, 0.4) is 0 Å². The molecule has 2 atom stereocenters. The van der Waals surface area contributed by atoms with Gasteiger partial charge in [0.1, 0.15) is 6.04 Å². The highest BCUT2D eigenvalue weighted by Gasteiger charge is 2.27. The number of hydrogen-bond acceptors (Lipinski definition) is 2. The van der Waals surface area contributed by atoms with E-state index in [-0.39, 0.29) is 17.9 Å². The van der Waals surface area contributed by atoms with Crippen molar-refractivity contribution in [3.63, 3.8) is 0 Å². The summed E-state index contributed by atoms with van der Waals surface area (Å²) in [5, 5.41) is 3.00. The lowest BCUT2D eigenvalue weighted by Gasteiger charge is -2.30. The van der Waals surface area contributed by atoms with Gasteiger partial charge in [-0.25, -0.2) is 0 Å². The van der Waals surface area contributed by atoms with Crippen molar-refractivity contribution >= 4 is 11.8 Å². The van der Waals surface area contributed by atoms with E-state index in [0.717, 1.165) is 28.7 Å². The van der Waals surface area contributed by atoms with Gasteiger partial charge >= 0.3 is 0 Å². The van der Waals surface area contributed by atoms with E-state index in [0.29, 0.717) is 13.0 Å². The molecule has 0 aliphatic rings. The fourth-order valence-electron chi connectivity index (χ4n) is 3.13. The van der Waals surface area contributed by atoms with Crippen molar-refractivity contribution in [3.05, 3.63) is 70.8 Å². The first kappa shape index (κ1) is 21.7. The molecule has 2 unspecified atom stereocenters. The number of carbonyl (C=O) groups excluding carboxylic acids is 2. The summed E-state index contributed by atoms with van der Waals surface area (Å²) in [6.07, 6.45) is 1.15. The lowest BCUT2D eigenvalue weighted by atomic mass is 10.0. The van der Waals surface area contributed by atoms with Crippen LogP contribution in [-0.2, 0) is 22.6 Å². The number of aryl methyl sites for hydroxylation is 2. The molecule has 0 aliphatic carbocycles. The van der Waals surface area contributed by atoms with Gasteiger partial charge in [-0.05, 0) is 50.8 Å². The lowest BCUT2D eigenvalue weighted by molar-refractivity contribution is -0.140.